The van der Waals surface area contributed by atoms with Gasteiger partial charge in [-0.25, -0.2) is 0 Å². The average molecular weight is 268 g/mol. The maximum atomic E-state index is 5.42. The van der Waals surface area contributed by atoms with Gasteiger partial charge in [-0.15, -0.1) is 0 Å². The summed E-state index contributed by atoms with van der Waals surface area (Å²) in [5, 5.41) is 0.516. The number of thiocarbonyl (C=S) groups is 2. The Morgan fingerprint density at radius 3 is 2.36 bits per heavy atom. The number of hydrogen-bond donors (Lipinski definition) is 2. The average Bonchev–Trinajstić information content (AvgIpc) is 2.01. The van der Waals surface area contributed by atoms with E-state index in [9.17, 15) is 0 Å². The van der Waals surface area contributed by atoms with Crippen LogP contribution in [0.2, 0.25) is 0 Å². The van der Waals surface area contributed by atoms with Crippen LogP contribution in [0.1, 0.15) is 26.2 Å². The van der Waals surface area contributed by atoms with Crippen LogP contribution in [0.3, 0.4) is 0 Å². The standard InChI is InChI=1S/C8H16N2S4/c1-6(14-8(10)12)4-2-3-5-13-7(9)11/h6H,2-5H2,1H3,(H2,9,11)(H2,10,12). The fraction of sp³-hybridized carbons (Fsp3) is 0.750. The zero-order valence-corrected chi connectivity index (χ0v) is 11.5. The summed E-state index contributed by atoms with van der Waals surface area (Å²) >= 11 is 12.7. The lowest BCUT2D eigenvalue weighted by molar-refractivity contribution is 0.720. The molecule has 0 aromatic carbocycles. The van der Waals surface area contributed by atoms with Crippen LogP contribution in [0.4, 0.5) is 0 Å². The Balaban J connectivity index is 3.27. The molecule has 0 aliphatic carbocycles. The smallest absolute Gasteiger partial charge is 0.131 e. The molecule has 4 N–H and O–H groups in total. The van der Waals surface area contributed by atoms with Gasteiger partial charge in [0.2, 0.25) is 0 Å². The molecule has 6 heteroatoms. The molecule has 0 aliphatic heterocycles. The normalized spacial score (nSPS) is 12.4. The molecule has 0 radical (unpaired) electrons. The summed E-state index contributed by atoms with van der Waals surface area (Å²) in [5.41, 5.74) is 10.8. The number of rotatable bonds is 6. The number of thioether (sulfide) groups is 2. The van der Waals surface area contributed by atoms with Crippen LogP contribution in [-0.2, 0) is 0 Å². The van der Waals surface area contributed by atoms with Gasteiger partial charge in [-0.2, -0.15) is 0 Å². The number of hydrogen-bond acceptors (Lipinski definition) is 4. The fourth-order valence-corrected chi connectivity index (χ4v) is 2.94. The Morgan fingerprint density at radius 1 is 1.21 bits per heavy atom. The molecule has 1 atom stereocenters. The molecule has 0 aromatic heterocycles. The summed E-state index contributed by atoms with van der Waals surface area (Å²) in [6, 6.07) is 0. The Kier molecular flexibility index (Phi) is 9.06. The van der Waals surface area contributed by atoms with Crippen molar-refractivity contribution in [2.24, 2.45) is 11.5 Å². The molecule has 0 aromatic rings. The van der Waals surface area contributed by atoms with E-state index in [-0.39, 0.29) is 0 Å². The minimum atomic E-state index is 0.516. The van der Waals surface area contributed by atoms with Gasteiger partial charge in [0, 0.05) is 11.0 Å². The van der Waals surface area contributed by atoms with Crippen molar-refractivity contribution in [3.63, 3.8) is 0 Å². The highest BCUT2D eigenvalue weighted by molar-refractivity contribution is 8.23. The molecule has 14 heavy (non-hydrogen) atoms. The van der Waals surface area contributed by atoms with Crippen molar-refractivity contribution in [3.8, 4) is 0 Å². The van der Waals surface area contributed by atoms with E-state index < -0.39 is 0 Å². The van der Waals surface area contributed by atoms with Crippen LogP contribution < -0.4 is 11.5 Å². The van der Waals surface area contributed by atoms with Crippen molar-refractivity contribution >= 4 is 56.6 Å². The third-order valence-corrected chi connectivity index (χ3v) is 3.86. The lowest BCUT2D eigenvalue weighted by Crippen LogP contribution is -2.08. The maximum absolute atomic E-state index is 5.42. The summed E-state index contributed by atoms with van der Waals surface area (Å²) in [5.74, 6) is 1.01. The largest absolute Gasteiger partial charge is 0.385 e. The minimum absolute atomic E-state index is 0.516. The lowest BCUT2D eigenvalue weighted by atomic mass is 10.2. The van der Waals surface area contributed by atoms with Gasteiger partial charge in [-0.1, -0.05) is 61.3 Å². The quantitative estimate of drug-likeness (QED) is 0.570. The van der Waals surface area contributed by atoms with Crippen LogP contribution >= 0.6 is 48.0 Å². The zero-order valence-electron chi connectivity index (χ0n) is 8.19. The zero-order chi connectivity index (χ0) is 11.0. The molecule has 1 unspecified atom stereocenters. The van der Waals surface area contributed by atoms with Gasteiger partial charge >= 0.3 is 0 Å². The molecular formula is C8H16N2S4. The van der Waals surface area contributed by atoms with Crippen molar-refractivity contribution in [1.82, 2.24) is 0 Å². The van der Waals surface area contributed by atoms with Gasteiger partial charge in [0.1, 0.15) is 8.64 Å². The third-order valence-electron chi connectivity index (χ3n) is 1.57. The Morgan fingerprint density at radius 2 is 1.86 bits per heavy atom. The monoisotopic (exact) mass is 268 g/mol. The maximum Gasteiger partial charge on any atom is 0.131 e. The molecule has 0 fully saturated rings. The van der Waals surface area contributed by atoms with Gasteiger partial charge in [0.05, 0.1) is 0 Å². The first kappa shape index (κ1) is 14.5. The molecule has 82 valence electrons. The van der Waals surface area contributed by atoms with E-state index in [0.29, 0.717) is 13.9 Å². The van der Waals surface area contributed by atoms with Gasteiger partial charge in [-0.3, -0.25) is 0 Å². The van der Waals surface area contributed by atoms with Crippen molar-refractivity contribution in [2.75, 3.05) is 5.75 Å². The van der Waals surface area contributed by atoms with E-state index in [1.54, 1.807) is 23.5 Å². The second-order valence-electron chi connectivity index (χ2n) is 2.91. The molecule has 0 spiro atoms. The molecular weight excluding hydrogens is 252 g/mol. The first-order valence-electron chi connectivity index (χ1n) is 4.40. The number of unbranched alkanes of at least 4 members (excludes halogenated alkanes) is 1. The first-order chi connectivity index (χ1) is 6.52. The van der Waals surface area contributed by atoms with E-state index in [1.165, 1.54) is 6.42 Å². The second-order valence-corrected chi connectivity index (χ2v) is 6.92. The number of nitrogens with two attached hydrogens (primary N) is 2. The highest BCUT2D eigenvalue weighted by atomic mass is 32.2. The third kappa shape index (κ3) is 10.6. The van der Waals surface area contributed by atoms with Gasteiger partial charge < -0.3 is 11.5 Å². The molecule has 0 bridgehead atoms. The van der Waals surface area contributed by atoms with Crippen molar-refractivity contribution < 1.29 is 0 Å². The Hall–Kier alpha value is 0.480. The Bertz CT molecular complexity index is 196. The summed E-state index contributed by atoms with van der Waals surface area (Å²) in [6.07, 6.45) is 3.45. The first-order valence-corrected chi connectivity index (χ1v) is 7.09. The van der Waals surface area contributed by atoms with Gasteiger partial charge in [-0.05, 0) is 12.8 Å². The van der Waals surface area contributed by atoms with Gasteiger partial charge in [0.15, 0.2) is 0 Å². The van der Waals surface area contributed by atoms with E-state index in [0.717, 1.165) is 18.6 Å². The van der Waals surface area contributed by atoms with Crippen molar-refractivity contribution in [1.29, 1.82) is 0 Å². The highest BCUT2D eigenvalue weighted by Crippen LogP contribution is 2.17. The van der Waals surface area contributed by atoms with Gasteiger partial charge in [0.25, 0.3) is 0 Å². The van der Waals surface area contributed by atoms with Crippen LogP contribution in [0.15, 0.2) is 0 Å². The summed E-state index contributed by atoms with van der Waals surface area (Å²) < 4.78 is 1.07. The van der Waals surface area contributed by atoms with E-state index >= 15 is 0 Å². The minimum Gasteiger partial charge on any atom is -0.385 e. The summed E-state index contributed by atoms with van der Waals surface area (Å²) in [6.45, 7) is 2.14. The van der Waals surface area contributed by atoms with E-state index in [2.05, 4.69) is 6.92 Å². The predicted molar refractivity (Wildman–Crippen MR) is 76.9 cm³/mol. The summed E-state index contributed by atoms with van der Waals surface area (Å²) in [7, 11) is 0. The van der Waals surface area contributed by atoms with Crippen molar-refractivity contribution in [3.05, 3.63) is 0 Å². The molecule has 0 saturated carbocycles. The molecule has 0 saturated heterocycles. The van der Waals surface area contributed by atoms with E-state index in [4.69, 9.17) is 35.9 Å². The topological polar surface area (TPSA) is 52.0 Å². The SMILES string of the molecule is CC(CCCCSC(N)=S)SC(N)=S. The van der Waals surface area contributed by atoms with Crippen molar-refractivity contribution in [2.45, 2.75) is 31.4 Å². The molecule has 0 heterocycles. The van der Waals surface area contributed by atoms with E-state index in [1.807, 2.05) is 0 Å². The van der Waals surface area contributed by atoms with Crippen LogP contribution in [0.5, 0.6) is 0 Å². The second kappa shape index (κ2) is 8.76. The summed E-state index contributed by atoms with van der Waals surface area (Å²) in [4.78, 5) is 0. The molecule has 0 aliphatic rings. The molecule has 2 nitrogen and oxygen atoms in total. The fourth-order valence-electron chi connectivity index (χ4n) is 0.964. The molecule has 0 amide bonds. The van der Waals surface area contributed by atoms with Crippen LogP contribution in [-0.4, -0.2) is 19.6 Å². The predicted octanol–water partition coefficient (Wildman–Crippen LogP) is 2.50. The molecule has 0 rings (SSSR count). The lowest BCUT2D eigenvalue weighted by Gasteiger charge is -2.08. The Labute approximate surface area is 105 Å². The van der Waals surface area contributed by atoms with Crippen LogP contribution in [0.25, 0.3) is 0 Å². The highest BCUT2D eigenvalue weighted by Gasteiger charge is 2.03. The van der Waals surface area contributed by atoms with Crippen LogP contribution in [0, 0.1) is 0 Å².